The van der Waals surface area contributed by atoms with E-state index in [2.05, 4.69) is 4.98 Å². The van der Waals surface area contributed by atoms with Crippen molar-refractivity contribution in [2.75, 3.05) is 6.54 Å². The van der Waals surface area contributed by atoms with Gasteiger partial charge in [0.05, 0.1) is 0 Å². The molecule has 1 aliphatic heterocycles. The predicted molar refractivity (Wildman–Crippen MR) is 77.9 cm³/mol. The number of rotatable bonds is 1. The van der Waals surface area contributed by atoms with E-state index >= 15 is 0 Å². The lowest BCUT2D eigenvalue weighted by Crippen LogP contribution is -2.48. The van der Waals surface area contributed by atoms with Gasteiger partial charge in [-0.15, -0.1) is 0 Å². The van der Waals surface area contributed by atoms with Crippen molar-refractivity contribution in [3.05, 3.63) is 35.2 Å². The van der Waals surface area contributed by atoms with Crippen molar-refractivity contribution < 1.29 is 4.79 Å². The van der Waals surface area contributed by atoms with E-state index < -0.39 is 0 Å². The second-order valence-electron chi connectivity index (χ2n) is 5.31. The van der Waals surface area contributed by atoms with Crippen molar-refractivity contribution in [1.82, 2.24) is 14.3 Å². The van der Waals surface area contributed by atoms with Gasteiger partial charge in [0.2, 0.25) is 0 Å². The second kappa shape index (κ2) is 5.07. The van der Waals surface area contributed by atoms with E-state index in [9.17, 15) is 4.79 Å². The Kier molecular flexibility index (Phi) is 3.40. The fourth-order valence-electron chi connectivity index (χ4n) is 2.80. The van der Waals surface area contributed by atoms with Gasteiger partial charge in [-0.2, -0.15) is 0 Å². The minimum Gasteiger partial charge on any atom is -0.334 e. The standard InChI is InChI=1S/C14H17ClN4O/c1-9-8-10(16)5-7-18(9)14(20)12-13(15)17-11-4-2-3-6-19(11)12/h2-4,6,9-10H,5,7-8,16H2,1H3/t9-,10-/m1/s1. The maximum atomic E-state index is 12.8. The number of fused-ring (bicyclic) bond motifs is 1. The molecule has 0 saturated carbocycles. The van der Waals surface area contributed by atoms with Crippen LogP contribution in [0.1, 0.15) is 30.3 Å². The van der Waals surface area contributed by atoms with Crippen LogP contribution in [0.15, 0.2) is 24.4 Å². The number of hydrogen-bond donors (Lipinski definition) is 1. The number of amides is 1. The molecule has 1 saturated heterocycles. The van der Waals surface area contributed by atoms with E-state index in [1.54, 1.807) is 4.40 Å². The van der Waals surface area contributed by atoms with Crippen LogP contribution in [0, 0.1) is 0 Å². The maximum Gasteiger partial charge on any atom is 0.274 e. The molecule has 3 heterocycles. The average Bonchev–Trinajstić information content (AvgIpc) is 2.73. The molecule has 1 fully saturated rings. The van der Waals surface area contributed by atoms with Gasteiger partial charge in [0.25, 0.3) is 5.91 Å². The summed E-state index contributed by atoms with van der Waals surface area (Å²) in [6, 6.07) is 5.86. The van der Waals surface area contributed by atoms with E-state index in [4.69, 9.17) is 17.3 Å². The number of imidazole rings is 1. The normalized spacial score (nSPS) is 23.2. The van der Waals surface area contributed by atoms with Crippen LogP contribution in [0.2, 0.25) is 5.15 Å². The van der Waals surface area contributed by atoms with Crippen molar-refractivity contribution in [2.45, 2.75) is 31.8 Å². The number of nitrogens with two attached hydrogens (primary N) is 1. The van der Waals surface area contributed by atoms with Crippen molar-refractivity contribution in [1.29, 1.82) is 0 Å². The fourth-order valence-corrected chi connectivity index (χ4v) is 3.06. The summed E-state index contributed by atoms with van der Waals surface area (Å²) in [7, 11) is 0. The molecule has 6 heteroatoms. The van der Waals surface area contributed by atoms with E-state index in [1.165, 1.54) is 0 Å². The number of aromatic nitrogens is 2. The Labute approximate surface area is 122 Å². The summed E-state index contributed by atoms with van der Waals surface area (Å²) >= 11 is 6.15. The first-order valence-corrected chi connectivity index (χ1v) is 7.15. The van der Waals surface area contributed by atoms with Crippen LogP contribution < -0.4 is 5.73 Å². The van der Waals surface area contributed by atoms with Gasteiger partial charge in [-0.3, -0.25) is 9.20 Å². The van der Waals surface area contributed by atoms with Gasteiger partial charge >= 0.3 is 0 Å². The first kappa shape index (κ1) is 13.4. The van der Waals surface area contributed by atoms with Crippen molar-refractivity contribution in [3.8, 4) is 0 Å². The van der Waals surface area contributed by atoms with Crippen LogP contribution >= 0.6 is 11.6 Å². The molecule has 0 aromatic carbocycles. The predicted octanol–water partition coefficient (Wildman–Crippen LogP) is 1.94. The zero-order valence-corrected chi connectivity index (χ0v) is 12.0. The highest BCUT2D eigenvalue weighted by Gasteiger charge is 2.30. The number of carbonyl (C=O) groups excluding carboxylic acids is 1. The summed E-state index contributed by atoms with van der Waals surface area (Å²) in [6.07, 6.45) is 3.45. The molecule has 2 N–H and O–H groups in total. The molecule has 5 nitrogen and oxygen atoms in total. The van der Waals surface area contributed by atoms with Crippen LogP contribution in [0.3, 0.4) is 0 Å². The maximum absolute atomic E-state index is 12.8. The third kappa shape index (κ3) is 2.17. The number of likely N-dealkylation sites (tertiary alicyclic amines) is 1. The lowest BCUT2D eigenvalue weighted by molar-refractivity contribution is 0.0612. The Hall–Kier alpha value is -1.59. The lowest BCUT2D eigenvalue weighted by Gasteiger charge is -2.36. The molecule has 3 rings (SSSR count). The summed E-state index contributed by atoms with van der Waals surface area (Å²) in [6.45, 7) is 2.69. The van der Waals surface area contributed by atoms with Gasteiger partial charge in [-0.1, -0.05) is 17.7 Å². The Morgan fingerprint density at radius 3 is 3.05 bits per heavy atom. The number of halogens is 1. The molecule has 2 aromatic heterocycles. The van der Waals surface area contributed by atoms with Crippen LogP contribution in [-0.2, 0) is 0 Å². The monoisotopic (exact) mass is 292 g/mol. The third-order valence-corrected chi connectivity index (χ3v) is 4.13. The van der Waals surface area contributed by atoms with Gasteiger partial charge < -0.3 is 10.6 Å². The molecule has 0 bridgehead atoms. The molecular formula is C14H17ClN4O. The number of hydrogen-bond acceptors (Lipinski definition) is 3. The minimum atomic E-state index is -0.0758. The highest BCUT2D eigenvalue weighted by atomic mass is 35.5. The van der Waals surface area contributed by atoms with Gasteiger partial charge in [0.1, 0.15) is 5.65 Å². The first-order valence-electron chi connectivity index (χ1n) is 6.77. The number of piperidine rings is 1. The van der Waals surface area contributed by atoms with Crippen LogP contribution in [0.4, 0.5) is 0 Å². The summed E-state index contributed by atoms with van der Waals surface area (Å²) in [5.74, 6) is -0.0758. The number of pyridine rings is 1. The van der Waals surface area contributed by atoms with E-state index in [-0.39, 0.29) is 23.1 Å². The molecule has 2 atom stereocenters. The van der Waals surface area contributed by atoms with Crippen LogP contribution in [0.25, 0.3) is 5.65 Å². The number of carbonyl (C=O) groups is 1. The van der Waals surface area contributed by atoms with Crippen LogP contribution in [0.5, 0.6) is 0 Å². The van der Waals surface area contributed by atoms with Gasteiger partial charge in [0.15, 0.2) is 10.8 Å². The quantitative estimate of drug-likeness (QED) is 0.873. The SMILES string of the molecule is C[C@@H]1C[C@H](N)CCN1C(=O)c1c(Cl)nc2ccccn12. The third-order valence-electron chi connectivity index (χ3n) is 3.87. The summed E-state index contributed by atoms with van der Waals surface area (Å²) in [4.78, 5) is 18.8. The van der Waals surface area contributed by atoms with E-state index in [0.717, 1.165) is 12.8 Å². The topological polar surface area (TPSA) is 63.6 Å². The summed E-state index contributed by atoms with van der Waals surface area (Å²) in [5.41, 5.74) is 7.06. The van der Waals surface area contributed by atoms with Crippen molar-refractivity contribution >= 4 is 23.2 Å². The van der Waals surface area contributed by atoms with Crippen molar-refractivity contribution in [3.63, 3.8) is 0 Å². The molecule has 0 aliphatic carbocycles. The molecule has 20 heavy (non-hydrogen) atoms. The number of nitrogens with zero attached hydrogens (tertiary/aromatic N) is 3. The fraction of sp³-hybridized carbons (Fsp3) is 0.429. The molecule has 106 valence electrons. The Bertz CT molecular complexity index is 654. The van der Waals surface area contributed by atoms with Crippen molar-refractivity contribution in [2.24, 2.45) is 5.73 Å². The first-order chi connectivity index (χ1) is 9.58. The second-order valence-corrected chi connectivity index (χ2v) is 5.67. The molecule has 0 radical (unpaired) electrons. The zero-order valence-electron chi connectivity index (χ0n) is 11.3. The van der Waals surface area contributed by atoms with Gasteiger partial charge in [0, 0.05) is 24.8 Å². The van der Waals surface area contributed by atoms with E-state index in [0.29, 0.717) is 17.9 Å². The minimum absolute atomic E-state index is 0.0758. The highest BCUT2D eigenvalue weighted by Crippen LogP contribution is 2.23. The summed E-state index contributed by atoms with van der Waals surface area (Å²) < 4.78 is 1.74. The molecule has 0 spiro atoms. The van der Waals surface area contributed by atoms with Crippen LogP contribution in [-0.4, -0.2) is 38.8 Å². The largest absolute Gasteiger partial charge is 0.334 e. The molecule has 1 aliphatic rings. The lowest BCUT2D eigenvalue weighted by atomic mass is 9.99. The van der Waals surface area contributed by atoms with E-state index in [1.807, 2.05) is 36.2 Å². The summed E-state index contributed by atoms with van der Waals surface area (Å²) in [5, 5.41) is 0.253. The Balaban J connectivity index is 1.98. The van der Waals surface area contributed by atoms with Gasteiger partial charge in [-0.25, -0.2) is 4.98 Å². The molecular weight excluding hydrogens is 276 g/mol. The zero-order chi connectivity index (χ0) is 14.3. The molecule has 1 amide bonds. The average molecular weight is 293 g/mol. The Morgan fingerprint density at radius 2 is 2.30 bits per heavy atom. The molecule has 0 unspecified atom stereocenters. The smallest absolute Gasteiger partial charge is 0.274 e. The highest BCUT2D eigenvalue weighted by molar-refractivity contribution is 6.32. The van der Waals surface area contributed by atoms with Gasteiger partial charge in [-0.05, 0) is 31.9 Å². The molecule has 2 aromatic rings. The Morgan fingerprint density at radius 1 is 1.50 bits per heavy atom.